The highest BCUT2D eigenvalue weighted by atomic mass is 16.5. The molecule has 1 aromatic carbocycles. The van der Waals surface area contributed by atoms with Crippen molar-refractivity contribution in [3.05, 3.63) is 41.0 Å². The zero-order chi connectivity index (χ0) is 19.1. The van der Waals surface area contributed by atoms with Crippen molar-refractivity contribution in [3.63, 3.8) is 0 Å². The molecule has 0 unspecified atom stereocenters. The molecule has 1 aliphatic rings. The third-order valence-electron chi connectivity index (χ3n) is 4.62. The molecule has 7 heteroatoms. The summed E-state index contributed by atoms with van der Waals surface area (Å²) in [6.07, 6.45) is 3.42. The Morgan fingerprint density at radius 1 is 1.22 bits per heavy atom. The van der Waals surface area contributed by atoms with Crippen LogP contribution in [-0.4, -0.2) is 33.9 Å². The minimum Gasteiger partial charge on any atom is -0.494 e. The summed E-state index contributed by atoms with van der Waals surface area (Å²) in [6, 6.07) is 6.25. The highest BCUT2D eigenvalue weighted by Gasteiger charge is 2.15. The van der Waals surface area contributed by atoms with Crippen LogP contribution in [0, 0.1) is 6.92 Å². The predicted molar refractivity (Wildman–Crippen MR) is 107 cm³/mol. The summed E-state index contributed by atoms with van der Waals surface area (Å²) in [4.78, 5) is 4.72. The molecule has 2 aromatic rings. The molecular weight excluding hydrogens is 340 g/mol. The molecule has 0 amide bonds. The summed E-state index contributed by atoms with van der Waals surface area (Å²) < 4.78 is 7.99. The first kappa shape index (κ1) is 19.2. The maximum Gasteiger partial charge on any atom is 0.191 e. The number of aromatic nitrogens is 3. The van der Waals surface area contributed by atoms with Crippen LogP contribution in [0.4, 0.5) is 0 Å². The van der Waals surface area contributed by atoms with Crippen LogP contribution in [0.5, 0.6) is 5.75 Å². The zero-order valence-corrected chi connectivity index (χ0v) is 16.6. The van der Waals surface area contributed by atoms with E-state index in [4.69, 9.17) is 9.73 Å². The highest BCUT2D eigenvalue weighted by molar-refractivity contribution is 5.79. The van der Waals surface area contributed by atoms with Crippen molar-refractivity contribution in [1.29, 1.82) is 0 Å². The van der Waals surface area contributed by atoms with Gasteiger partial charge in [-0.1, -0.05) is 12.1 Å². The highest BCUT2D eigenvalue weighted by Crippen LogP contribution is 2.21. The number of hydrogen-bond donors (Lipinski definition) is 2. The van der Waals surface area contributed by atoms with Gasteiger partial charge in [0.15, 0.2) is 11.8 Å². The van der Waals surface area contributed by atoms with Crippen molar-refractivity contribution in [1.82, 2.24) is 25.4 Å². The van der Waals surface area contributed by atoms with Crippen molar-refractivity contribution in [3.8, 4) is 5.75 Å². The van der Waals surface area contributed by atoms with E-state index in [0.717, 1.165) is 48.4 Å². The zero-order valence-electron chi connectivity index (χ0n) is 16.6. The van der Waals surface area contributed by atoms with Gasteiger partial charge in [-0.2, -0.15) is 0 Å². The second-order valence-electron chi connectivity index (χ2n) is 6.73. The molecule has 0 atom stereocenters. The summed E-state index contributed by atoms with van der Waals surface area (Å²) in [5, 5.41) is 15.3. The normalized spacial score (nSPS) is 14.0. The molecule has 2 N–H and O–H groups in total. The van der Waals surface area contributed by atoms with Gasteiger partial charge in [-0.05, 0) is 45.2 Å². The third kappa shape index (κ3) is 4.99. The summed E-state index contributed by atoms with van der Waals surface area (Å²) >= 11 is 0. The van der Waals surface area contributed by atoms with E-state index in [9.17, 15) is 0 Å². The number of rotatable bonds is 7. The fourth-order valence-electron chi connectivity index (χ4n) is 3.25. The number of hydrogen-bond acceptors (Lipinski definition) is 4. The molecule has 27 heavy (non-hydrogen) atoms. The molecule has 0 radical (unpaired) electrons. The molecule has 3 rings (SSSR count). The summed E-state index contributed by atoms with van der Waals surface area (Å²) in [5.41, 5.74) is 2.27. The Bertz CT molecular complexity index is 783. The van der Waals surface area contributed by atoms with Gasteiger partial charge >= 0.3 is 0 Å². The van der Waals surface area contributed by atoms with Gasteiger partial charge in [0.05, 0.1) is 19.7 Å². The van der Waals surface area contributed by atoms with Crippen LogP contribution in [0.15, 0.2) is 23.2 Å². The van der Waals surface area contributed by atoms with E-state index in [1.165, 1.54) is 18.4 Å². The number of guanidine groups is 1. The Morgan fingerprint density at radius 3 is 2.93 bits per heavy atom. The monoisotopic (exact) mass is 370 g/mol. The number of fused-ring (bicyclic) bond motifs is 1. The summed E-state index contributed by atoms with van der Waals surface area (Å²) in [6.45, 7) is 9.77. The van der Waals surface area contributed by atoms with Gasteiger partial charge in [0.2, 0.25) is 0 Å². The number of aliphatic imine (C=N–C) groups is 1. The lowest BCUT2D eigenvalue weighted by Gasteiger charge is -2.16. The van der Waals surface area contributed by atoms with Crippen molar-refractivity contribution >= 4 is 5.96 Å². The molecule has 0 saturated carbocycles. The fraction of sp³-hybridized carbons (Fsp3) is 0.550. The van der Waals surface area contributed by atoms with E-state index >= 15 is 0 Å². The van der Waals surface area contributed by atoms with Gasteiger partial charge in [-0.25, -0.2) is 4.99 Å². The number of nitrogens with one attached hydrogen (secondary N) is 2. The van der Waals surface area contributed by atoms with Gasteiger partial charge in [0.25, 0.3) is 0 Å². The van der Waals surface area contributed by atoms with Gasteiger partial charge < -0.3 is 19.9 Å². The summed E-state index contributed by atoms with van der Waals surface area (Å²) in [7, 11) is 0. The van der Waals surface area contributed by atoms with Crippen molar-refractivity contribution in [2.75, 3.05) is 13.2 Å². The van der Waals surface area contributed by atoms with Crippen LogP contribution < -0.4 is 15.4 Å². The quantitative estimate of drug-likeness (QED) is 0.579. The predicted octanol–water partition coefficient (Wildman–Crippen LogP) is 2.58. The van der Waals surface area contributed by atoms with Crippen LogP contribution >= 0.6 is 0 Å². The minimum absolute atomic E-state index is 0.558. The van der Waals surface area contributed by atoms with E-state index in [1.54, 1.807) is 0 Å². The molecule has 7 nitrogen and oxygen atoms in total. The first-order valence-corrected chi connectivity index (χ1v) is 9.86. The van der Waals surface area contributed by atoms with Crippen molar-refractivity contribution < 1.29 is 4.74 Å². The van der Waals surface area contributed by atoms with E-state index in [-0.39, 0.29) is 0 Å². The Labute approximate surface area is 161 Å². The van der Waals surface area contributed by atoms with Crippen molar-refractivity contribution in [2.24, 2.45) is 4.99 Å². The number of aryl methyl sites for hydroxylation is 2. The molecule has 0 bridgehead atoms. The van der Waals surface area contributed by atoms with Crippen LogP contribution in [0.2, 0.25) is 0 Å². The van der Waals surface area contributed by atoms with Gasteiger partial charge in [0.1, 0.15) is 11.6 Å². The van der Waals surface area contributed by atoms with Crippen LogP contribution in [-0.2, 0) is 26.1 Å². The molecular formula is C20H30N6O. The maximum absolute atomic E-state index is 5.76. The molecule has 1 aliphatic heterocycles. The Kier molecular flexibility index (Phi) is 6.68. The lowest BCUT2D eigenvalue weighted by atomic mass is 10.1. The van der Waals surface area contributed by atoms with E-state index in [2.05, 4.69) is 57.4 Å². The second-order valence-corrected chi connectivity index (χ2v) is 6.73. The molecule has 0 aliphatic carbocycles. The smallest absolute Gasteiger partial charge is 0.191 e. The molecule has 0 saturated heterocycles. The lowest BCUT2D eigenvalue weighted by Crippen LogP contribution is -2.37. The van der Waals surface area contributed by atoms with E-state index in [0.29, 0.717) is 19.7 Å². The average Bonchev–Trinajstić information content (AvgIpc) is 3.09. The largest absolute Gasteiger partial charge is 0.494 e. The minimum atomic E-state index is 0.558. The van der Waals surface area contributed by atoms with Crippen LogP contribution in [0.3, 0.4) is 0 Å². The number of nitrogens with zero attached hydrogens (tertiary/aromatic N) is 4. The fourth-order valence-corrected chi connectivity index (χ4v) is 3.25. The number of benzene rings is 1. The Morgan fingerprint density at radius 2 is 2.11 bits per heavy atom. The lowest BCUT2D eigenvalue weighted by molar-refractivity contribution is 0.336. The SMILES string of the molecule is CCNC(=NCc1ccc(C)cc1OCC)NCc1nnc2n1CCCC2. The molecule has 0 spiro atoms. The number of ether oxygens (including phenoxy) is 1. The first-order valence-electron chi connectivity index (χ1n) is 9.86. The molecule has 1 aromatic heterocycles. The maximum atomic E-state index is 5.76. The van der Waals surface area contributed by atoms with Crippen LogP contribution in [0.1, 0.15) is 49.5 Å². The average molecular weight is 371 g/mol. The third-order valence-corrected chi connectivity index (χ3v) is 4.62. The van der Waals surface area contributed by atoms with Gasteiger partial charge in [0, 0.05) is 25.1 Å². The molecule has 2 heterocycles. The Balaban J connectivity index is 1.67. The van der Waals surface area contributed by atoms with Gasteiger partial charge in [-0.3, -0.25) is 0 Å². The van der Waals surface area contributed by atoms with Crippen molar-refractivity contribution in [2.45, 2.75) is 59.7 Å². The summed E-state index contributed by atoms with van der Waals surface area (Å²) in [5.74, 6) is 3.75. The van der Waals surface area contributed by atoms with Gasteiger partial charge in [-0.15, -0.1) is 10.2 Å². The topological polar surface area (TPSA) is 76.4 Å². The van der Waals surface area contributed by atoms with E-state index < -0.39 is 0 Å². The van der Waals surface area contributed by atoms with Crippen LogP contribution in [0.25, 0.3) is 0 Å². The second kappa shape index (κ2) is 9.39. The molecule has 0 fully saturated rings. The standard InChI is InChI=1S/C20H30N6O/c1-4-21-20(22-13-16-10-9-15(3)12-17(16)27-5-2)23-14-19-25-24-18-8-6-7-11-26(18)19/h9-10,12H,4-8,11,13-14H2,1-3H3,(H2,21,22,23). The Hall–Kier alpha value is -2.57. The first-order chi connectivity index (χ1) is 13.2. The van der Waals surface area contributed by atoms with E-state index in [1.807, 2.05) is 6.92 Å². The molecule has 146 valence electrons.